The van der Waals surface area contributed by atoms with Crippen LogP contribution in [0.1, 0.15) is 47.2 Å². The molecule has 3 heteroatoms. The van der Waals surface area contributed by atoms with Crippen LogP contribution in [0.2, 0.25) is 0 Å². The Morgan fingerprint density at radius 2 is 1.84 bits per heavy atom. The molecule has 2 unspecified atom stereocenters. The standard InChI is InChI=1S/C16H21NO2/c1-10-3-4-11(2)15(7-10)16(19)17-12-5-6-13(17)9-14(18)8-12/h3-4,7,12-14,18H,5-6,8-9H2,1-2H3. The van der Waals surface area contributed by atoms with Crippen LogP contribution in [-0.4, -0.2) is 34.1 Å². The van der Waals surface area contributed by atoms with Crippen LogP contribution in [0.25, 0.3) is 0 Å². The van der Waals surface area contributed by atoms with Gasteiger partial charge in [0.2, 0.25) is 0 Å². The Hall–Kier alpha value is -1.35. The van der Waals surface area contributed by atoms with E-state index in [1.807, 2.05) is 36.9 Å². The lowest BCUT2D eigenvalue weighted by Gasteiger charge is -2.37. The molecule has 0 saturated carbocycles. The van der Waals surface area contributed by atoms with E-state index in [0.29, 0.717) is 0 Å². The molecule has 1 aromatic rings. The summed E-state index contributed by atoms with van der Waals surface area (Å²) in [5.41, 5.74) is 2.99. The third-order valence-electron chi connectivity index (χ3n) is 4.57. The summed E-state index contributed by atoms with van der Waals surface area (Å²) in [6.45, 7) is 4.01. The van der Waals surface area contributed by atoms with Gasteiger partial charge in [0.15, 0.2) is 0 Å². The van der Waals surface area contributed by atoms with Crippen molar-refractivity contribution in [2.24, 2.45) is 0 Å². The lowest BCUT2D eigenvalue weighted by molar-refractivity contribution is 0.0286. The van der Waals surface area contributed by atoms with Gasteiger partial charge in [0, 0.05) is 17.6 Å². The van der Waals surface area contributed by atoms with Crippen molar-refractivity contribution in [1.82, 2.24) is 4.90 Å². The van der Waals surface area contributed by atoms with Gasteiger partial charge in [0.25, 0.3) is 5.91 Å². The van der Waals surface area contributed by atoms with Gasteiger partial charge in [-0.25, -0.2) is 0 Å². The highest BCUT2D eigenvalue weighted by atomic mass is 16.3. The number of carbonyl (C=O) groups is 1. The first-order chi connectivity index (χ1) is 9.06. The zero-order valence-corrected chi connectivity index (χ0v) is 11.6. The average Bonchev–Trinajstić information content (AvgIpc) is 2.64. The number of rotatable bonds is 1. The van der Waals surface area contributed by atoms with E-state index < -0.39 is 0 Å². The average molecular weight is 259 g/mol. The highest BCUT2D eigenvalue weighted by Gasteiger charge is 2.43. The van der Waals surface area contributed by atoms with Gasteiger partial charge in [-0.3, -0.25) is 4.79 Å². The van der Waals surface area contributed by atoms with E-state index in [1.54, 1.807) is 0 Å². The Morgan fingerprint density at radius 3 is 2.47 bits per heavy atom. The van der Waals surface area contributed by atoms with Crippen molar-refractivity contribution in [3.8, 4) is 0 Å². The normalized spacial score (nSPS) is 29.6. The molecule has 1 N–H and O–H groups in total. The summed E-state index contributed by atoms with van der Waals surface area (Å²) < 4.78 is 0. The molecule has 0 spiro atoms. The summed E-state index contributed by atoms with van der Waals surface area (Å²) in [5, 5.41) is 9.82. The number of benzene rings is 1. The van der Waals surface area contributed by atoms with E-state index in [1.165, 1.54) is 0 Å². The molecule has 3 nitrogen and oxygen atoms in total. The zero-order chi connectivity index (χ0) is 13.6. The fraction of sp³-hybridized carbons (Fsp3) is 0.562. The van der Waals surface area contributed by atoms with Crippen LogP contribution in [0.15, 0.2) is 18.2 Å². The first-order valence-corrected chi connectivity index (χ1v) is 7.14. The molecule has 102 valence electrons. The molecule has 3 rings (SSSR count). The van der Waals surface area contributed by atoms with Gasteiger partial charge < -0.3 is 10.0 Å². The second-order valence-electron chi connectivity index (χ2n) is 6.04. The summed E-state index contributed by atoms with van der Waals surface area (Å²) in [7, 11) is 0. The molecule has 2 aliphatic heterocycles. The van der Waals surface area contributed by atoms with Crippen LogP contribution in [0, 0.1) is 13.8 Å². The molecule has 1 aromatic carbocycles. The third kappa shape index (κ3) is 2.16. The minimum absolute atomic E-state index is 0.153. The van der Waals surface area contributed by atoms with Crippen LogP contribution in [-0.2, 0) is 0 Å². The van der Waals surface area contributed by atoms with Crippen molar-refractivity contribution in [1.29, 1.82) is 0 Å². The zero-order valence-electron chi connectivity index (χ0n) is 11.6. The summed E-state index contributed by atoms with van der Waals surface area (Å²) in [6, 6.07) is 6.52. The van der Waals surface area contributed by atoms with E-state index >= 15 is 0 Å². The van der Waals surface area contributed by atoms with E-state index in [9.17, 15) is 9.90 Å². The smallest absolute Gasteiger partial charge is 0.254 e. The van der Waals surface area contributed by atoms with E-state index in [2.05, 4.69) is 0 Å². The lowest BCUT2D eigenvalue weighted by atomic mass is 9.97. The number of hydrogen-bond donors (Lipinski definition) is 1. The van der Waals surface area contributed by atoms with Crippen LogP contribution in [0.4, 0.5) is 0 Å². The van der Waals surface area contributed by atoms with Crippen molar-refractivity contribution < 1.29 is 9.90 Å². The number of aliphatic hydroxyl groups is 1. The number of amides is 1. The maximum absolute atomic E-state index is 12.8. The van der Waals surface area contributed by atoms with Crippen molar-refractivity contribution in [2.75, 3.05) is 0 Å². The number of hydrogen-bond acceptors (Lipinski definition) is 2. The molecular weight excluding hydrogens is 238 g/mol. The Labute approximate surface area is 114 Å². The number of nitrogens with zero attached hydrogens (tertiary/aromatic N) is 1. The van der Waals surface area contributed by atoms with Crippen LogP contribution in [0.5, 0.6) is 0 Å². The fourth-order valence-electron chi connectivity index (χ4n) is 3.59. The molecule has 0 aliphatic carbocycles. The van der Waals surface area contributed by atoms with Gasteiger partial charge in [-0.1, -0.05) is 17.7 Å². The van der Waals surface area contributed by atoms with E-state index in [0.717, 1.165) is 42.4 Å². The van der Waals surface area contributed by atoms with E-state index in [4.69, 9.17) is 0 Å². The maximum atomic E-state index is 12.8. The van der Waals surface area contributed by atoms with Gasteiger partial charge in [-0.15, -0.1) is 0 Å². The van der Waals surface area contributed by atoms with Gasteiger partial charge in [0.1, 0.15) is 0 Å². The van der Waals surface area contributed by atoms with Crippen molar-refractivity contribution in [3.05, 3.63) is 34.9 Å². The third-order valence-corrected chi connectivity index (χ3v) is 4.57. The van der Waals surface area contributed by atoms with Crippen LogP contribution >= 0.6 is 0 Å². The molecule has 2 saturated heterocycles. The number of aryl methyl sites for hydroxylation is 2. The predicted octanol–water partition coefficient (Wildman–Crippen LogP) is 2.43. The van der Waals surface area contributed by atoms with E-state index in [-0.39, 0.29) is 24.1 Å². The fourth-order valence-corrected chi connectivity index (χ4v) is 3.59. The Morgan fingerprint density at radius 1 is 1.21 bits per heavy atom. The molecule has 2 bridgehead atoms. The molecule has 19 heavy (non-hydrogen) atoms. The largest absolute Gasteiger partial charge is 0.393 e. The maximum Gasteiger partial charge on any atom is 0.254 e. The first-order valence-electron chi connectivity index (χ1n) is 7.14. The Kier molecular flexibility index (Phi) is 3.09. The van der Waals surface area contributed by atoms with Gasteiger partial charge in [-0.2, -0.15) is 0 Å². The SMILES string of the molecule is Cc1ccc(C)c(C(=O)N2C3CCC2CC(O)C3)c1. The topological polar surface area (TPSA) is 40.5 Å². The number of fused-ring (bicyclic) bond motifs is 2. The van der Waals surface area contributed by atoms with Gasteiger partial charge in [0.05, 0.1) is 6.10 Å². The first kappa shape index (κ1) is 12.7. The minimum atomic E-state index is -0.222. The molecule has 0 aromatic heterocycles. The lowest BCUT2D eigenvalue weighted by Crippen LogP contribution is -2.48. The Bertz CT molecular complexity index is 497. The van der Waals surface area contributed by atoms with Crippen LogP contribution in [0.3, 0.4) is 0 Å². The monoisotopic (exact) mass is 259 g/mol. The number of carbonyl (C=O) groups excluding carboxylic acids is 1. The summed E-state index contributed by atoms with van der Waals surface area (Å²) in [5.74, 6) is 0.153. The molecule has 2 fully saturated rings. The Balaban J connectivity index is 1.90. The highest BCUT2D eigenvalue weighted by Crippen LogP contribution is 2.37. The number of aliphatic hydroxyl groups excluding tert-OH is 1. The molecule has 0 radical (unpaired) electrons. The predicted molar refractivity (Wildman–Crippen MR) is 74.1 cm³/mol. The second kappa shape index (κ2) is 4.64. The molecule has 2 atom stereocenters. The van der Waals surface area contributed by atoms with Crippen molar-refractivity contribution in [3.63, 3.8) is 0 Å². The molecule has 2 heterocycles. The summed E-state index contributed by atoms with van der Waals surface area (Å²) >= 11 is 0. The summed E-state index contributed by atoms with van der Waals surface area (Å²) in [6.07, 6.45) is 3.34. The second-order valence-corrected chi connectivity index (χ2v) is 6.04. The van der Waals surface area contributed by atoms with Crippen LogP contribution < -0.4 is 0 Å². The number of piperidine rings is 1. The summed E-state index contributed by atoms with van der Waals surface area (Å²) in [4.78, 5) is 14.8. The molecule has 2 aliphatic rings. The van der Waals surface area contributed by atoms with Gasteiger partial charge >= 0.3 is 0 Å². The van der Waals surface area contributed by atoms with Crippen molar-refractivity contribution >= 4 is 5.91 Å². The highest BCUT2D eigenvalue weighted by molar-refractivity contribution is 5.96. The molecule has 1 amide bonds. The molecular formula is C16H21NO2. The minimum Gasteiger partial charge on any atom is -0.393 e. The van der Waals surface area contributed by atoms with Gasteiger partial charge in [-0.05, 0) is 51.2 Å². The van der Waals surface area contributed by atoms with Crippen molar-refractivity contribution in [2.45, 2.75) is 57.7 Å². The quantitative estimate of drug-likeness (QED) is 0.841.